The van der Waals surface area contributed by atoms with Crippen LogP contribution in [0, 0.1) is 0 Å². The van der Waals surface area contributed by atoms with Crippen molar-refractivity contribution in [2.75, 3.05) is 20.2 Å². The second kappa shape index (κ2) is 7.55. The summed E-state index contributed by atoms with van der Waals surface area (Å²) >= 11 is 0. The van der Waals surface area contributed by atoms with Crippen LogP contribution < -0.4 is 9.47 Å². The van der Waals surface area contributed by atoms with Crippen molar-refractivity contribution in [3.05, 3.63) is 72.0 Å². The number of likely N-dealkylation sites (tertiary alicyclic amines) is 1. The standard InChI is InChI=1S/C22H20N4O4/c1-28-17-3-5-18(6-4-17)29-13-20-24-21(25-30-20)16-11-26(12-16)22(27)15-2-7-19-14(10-15)8-9-23-19/h2-10,16,23H,11-13H2,1H3. The lowest BCUT2D eigenvalue weighted by molar-refractivity contribution is 0.0592. The predicted molar refractivity (Wildman–Crippen MR) is 109 cm³/mol. The Morgan fingerprint density at radius 2 is 1.97 bits per heavy atom. The zero-order valence-corrected chi connectivity index (χ0v) is 16.4. The van der Waals surface area contributed by atoms with E-state index in [2.05, 4.69) is 15.1 Å². The summed E-state index contributed by atoms with van der Waals surface area (Å²) < 4.78 is 16.1. The molecule has 1 amide bonds. The third kappa shape index (κ3) is 3.47. The minimum Gasteiger partial charge on any atom is -0.497 e. The normalized spacial score (nSPS) is 14.0. The van der Waals surface area contributed by atoms with Gasteiger partial charge in [0.25, 0.3) is 11.8 Å². The summed E-state index contributed by atoms with van der Waals surface area (Å²) in [4.78, 5) is 22.0. The van der Waals surface area contributed by atoms with Crippen LogP contribution in [-0.4, -0.2) is 46.1 Å². The average Bonchev–Trinajstić information content (AvgIpc) is 3.40. The van der Waals surface area contributed by atoms with Crippen LogP contribution in [0.5, 0.6) is 11.5 Å². The molecular formula is C22H20N4O4. The van der Waals surface area contributed by atoms with Crippen molar-refractivity contribution in [1.82, 2.24) is 20.0 Å². The monoisotopic (exact) mass is 404 g/mol. The highest BCUT2D eigenvalue weighted by molar-refractivity contribution is 5.98. The van der Waals surface area contributed by atoms with Crippen molar-refractivity contribution in [3.8, 4) is 11.5 Å². The van der Waals surface area contributed by atoms with Crippen LogP contribution in [-0.2, 0) is 6.61 Å². The van der Waals surface area contributed by atoms with Gasteiger partial charge in [0, 0.05) is 35.8 Å². The Balaban J connectivity index is 1.16. The van der Waals surface area contributed by atoms with E-state index in [0.717, 1.165) is 16.7 Å². The number of carbonyl (C=O) groups is 1. The van der Waals surface area contributed by atoms with Crippen molar-refractivity contribution in [2.45, 2.75) is 12.5 Å². The minimum atomic E-state index is 0.0147. The lowest BCUT2D eigenvalue weighted by Gasteiger charge is -2.37. The van der Waals surface area contributed by atoms with Crippen molar-refractivity contribution in [3.63, 3.8) is 0 Å². The van der Waals surface area contributed by atoms with Gasteiger partial charge in [-0.25, -0.2) is 0 Å². The molecule has 0 radical (unpaired) electrons. The van der Waals surface area contributed by atoms with E-state index in [9.17, 15) is 4.79 Å². The fourth-order valence-corrected chi connectivity index (χ4v) is 3.49. The first kappa shape index (κ1) is 18.2. The smallest absolute Gasteiger partial charge is 0.264 e. The summed E-state index contributed by atoms with van der Waals surface area (Å²) in [6.45, 7) is 1.33. The van der Waals surface area contributed by atoms with Gasteiger partial charge < -0.3 is 23.9 Å². The zero-order valence-electron chi connectivity index (χ0n) is 16.4. The molecule has 1 fully saturated rings. The largest absolute Gasteiger partial charge is 0.497 e. The van der Waals surface area contributed by atoms with E-state index < -0.39 is 0 Å². The van der Waals surface area contributed by atoms with Gasteiger partial charge >= 0.3 is 0 Å². The summed E-state index contributed by atoms with van der Waals surface area (Å²) in [5.74, 6) is 2.55. The number of carbonyl (C=O) groups excluding carboxylic acids is 1. The van der Waals surface area contributed by atoms with Crippen LogP contribution in [0.1, 0.15) is 28.0 Å². The van der Waals surface area contributed by atoms with Gasteiger partial charge in [-0.15, -0.1) is 0 Å². The summed E-state index contributed by atoms with van der Waals surface area (Å²) in [5.41, 5.74) is 1.70. The fraction of sp³-hybridized carbons (Fsp3) is 0.227. The molecule has 0 aliphatic carbocycles. The van der Waals surface area contributed by atoms with Gasteiger partial charge in [-0.2, -0.15) is 4.98 Å². The molecule has 2 aromatic heterocycles. The van der Waals surface area contributed by atoms with Gasteiger partial charge in [0.2, 0.25) is 0 Å². The molecule has 4 aromatic rings. The number of nitrogens with one attached hydrogen (secondary N) is 1. The number of rotatable bonds is 6. The molecule has 3 heterocycles. The molecule has 1 aliphatic rings. The van der Waals surface area contributed by atoms with Gasteiger partial charge in [0.1, 0.15) is 11.5 Å². The average molecular weight is 404 g/mol. The van der Waals surface area contributed by atoms with E-state index in [1.54, 1.807) is 12.0 Å². The summed E-state index contributed by atoms with van der Waals surface area (Å²) in [6.07, 6.45) is 1.87. The molecule has 30 heavy (non-hydrogen) atoms. The minimum absolute atomic E-state index is 0.0147. The molecule has 1 N–H and O–H groups in total. The summed E-state index contributed by atoms with van der Waals surface area (Å²) in [6, 6.07) is 14.9. The van der Waals surface area contributed by atoms with E-state index in [1.165, 1.54) is 0 Å². The summed E-state index contributed by atoms with van der Waals surface area (Å²) in [5, 5.41) is 5.08. The first-order valence-electron chi connectivity index (χ1n) is 9.65. The number of amides is 1. The van der Waals surface area contributed by atoms with E-state index >= 15 is 0 Å². The molecule has 0 unspecified atom stereocenters. The Morgan fingerprint density at radius 1 is 1.17 bits per heavy atom. The molecule has 2 aromatic carbocycles. The number of H-pyrrole nitrogens is 1. The van der Waals surface area contributed by atoms with E-state index in [0.29, 0.717) is 36.1 Å². The fourth-order valence-electron chi connectivity index (χ4n) is 3.49. The van der Waals surface area contributed by atoms with Gasteiger partial charge in [-0.05, 0) is 48.5 Å². The molecule has 0 bridgehead atoms. The number of benzene rings is 2. The van der Waals surface area contributed by atoms with Gasteiger partial charge in [-0.1, -0.05) is 5.16 Å². The molecule has 1 saturated heterocycles. The van der Waals surface area contributed by atoms with Crippen molar-refractivity contribution in [1.29, 1.82) is 0 Å². The number of hydrogen-bond acceptors (Lipinski definition) is 6. The van der Waals surface area contributed by atoms with Crippen LogP contribution in [0.4, 0.5) is 0 Å². The zero-order chi connectivity index (χ0) is 20.5. The third-order valence-electron chi connectivity index (χ3n) is 5.24. The van der Waals surface area contributed by atoms with E-state index in [4.69, 9.17) is 14.0 Å². The van der Waals surface area contributed by atoms with E-state index in [1.807, 2.05) is 54.7 Å². The number of aromatic amines is 1. The predicted octanol–water partition coefficient (Wildman–Crippen LogP) is 3.38. The Bertz CT molecular complexity index is 1180. The first-order chi connectivity index (χ1) is 14.7. The van der Waals surface area contributed by atoms with Crippen molar-refractivity contribution >= 4 is 16.8 Å². The second-order valence-corrected chi connectivity index (χ2v) is 7.20. The highest BCUT2D eigenvalue weighted by Crippen LogP contribution is 2.27. The molecule has 152 valence electrons. The van der Waals surface area contributed by atoms with Gasteiger partial charge in [0.05, 0.1) is 13.0 Å². The maximum Gasteiger partial charge on any atom is 0.264 e. The van der Waals surface area contributed by atoms with E-state index in [-0.39, 0.29) is 18.4 Å². The molecule has 0 spiro atoms. The number of nitrogens with zero attached hydrogens (tertiary/aromatic N) is 3. The van der Waals surface area contributed by atoms with Crippen LogP contribution in [0.25, 0.3) is 10.9 Å². The molecule has 8 heteroatoms. The highest BCUT2D eigenvalue weighted by Gasteiger charge is 2.35. The number of methoxy groups -OCH3 is 1. The topological polar surface area (TPSA) is 93.5 Å². The van der Waals surface area contributed by atoms with Crippen LogP contribution in [0.2, 0.25) is 0 Å². The molecule has 5 rings (SSSR count). The molecule has 8 nitrogen and oxygen atoms in total. The Morgan fingerprint density at radius 3 is 2.77 bits per heavy atom. The number of fused-ring (bicyclic) bond motifs is 1. The quantitative estimate of drug-likeness (QED) is 0.530. The summed E-state index contributed by atoms with van der Waals surface area (Å²) in [7, 11) is 1.62. The SMILES string of the molecule is COc1ccc(OCc2nc(C3CN(C(=O)c4ccc5[nH]ccc5c4)C3)no2)cc1. The Kier molecular flexibility index (Phi) is 4.59. The van der Waals surface area contributed by atoms with Crippen LogP contribution >= 0.6 is 0 Å². The van der Waals surface area contributed by atoms with Gasteiger partial charge in [-0.3, -0.25) is 4.79 Å². The van der Waals surface area contributed by atoms with Crippen LogP contribution in [0.3, 0.4) is 0 Å². The maximum absolute atomic E-state index is 12.7. The lowest BCUT2D eigenvalue weighted by atomic mass is 9.98. The maximum atomic E-state index is 12.7. The van der Waals surface area contributed by atoms with Crippen LogP contribution in [0.15, 0.2) is 59.3 Å². The highest BCUT2D eigenvalue weighted by atomic mass is 16.5. The first-order valence-corrected chi connectivity index (χ1v) is 9.65. The Labute approximate surface area is 172 Å². The lowest BCUT2D eigenvalue weighted by Crippen LogP contribution is -2.48. The molecular weight excluding hydrogens is 384 g/mol. The molecule has 0 saturated carbocycles. The molecule has 0 atom stereocenters. The van der Waals surface area contributed by atoms with Gasteiger partial charge in [0.15, 0.2) is 12.4 Å². The number of hydrogen-bond donors (Lipinski definition) is 1. The van der Waals surface area contributed by atoms with Crippen molar-refractivity contribution in [2.24, 2.45) is 0 Å². The number of ether oxygens (including phenoxy) is 2. The van der Waals surface area contributed by atoms with Crippen molar-refractivity contribution < 1.29 is 18.8 Å². The third-order valence-corrected chi connectivity index (χ3v) is 5.24. The second-order valence-electron chi connectivity index (χ2n) is 7.20. The Hall–Kier alpha value is -3.81. The molecule has 1 aliphatic heterocycles. The number of aromatic nitrogens is 3.